The molecule has 18 rings (SSSR count). The van der Waals surface area contributed by atoms with E-state index in [1.165, 1.54) is 73.8 Å². The third-order valence-electron chi connectivity index (χ3n) is 27.3. The van der Waals surface area contributed by atoms with E-state index >= 15 is 33.6 Å². The van der Waals surface area contributed by atoms with Crippen LogP contribution in [0.15, 0.2) is 115 Å². The summed E-state index contributed by atoms with van der Waals surface area (Å²) in [6.45, 7) is 7.32. The number of unbranched alkanes of at least 4 members (excludes halogenated alkanes) is 5. The number of ether oxygens (including phenoxy) is 7. The fraction of sp³-hybridized carbons (Fsp3) is 0.490. The molecule has 0 aromatic heterocycles. The van der Waals surface area contributed by atoms with Crippen molar-refractivity contribution in [2.45, 2.75) is 226 Å². The topological polar surface area (TPSA) is 571 Å². The van der Waals surface area contributed by atoms with Gasteiger partial charge in [-0.25, -0.2) is 4.79 Å². The van der Waals surface area contributed by atoms with Crippen LogP contribution in [0.4, 0.5) is 0 Å². The van der Waals surface area contributed by atoms with Gasteiger partial charge in [-0.3, -0.25) is 42.9 Å². The van der Waals surface area contributed by atoms with E-state index in [-0.39, 0.29) is 69.7 Å². The Morgan fingerprint density at radius 2 is 1.16 bits per heavy atom. The molecule has 0 radical (unpaired) electrons. The van der Waals surface area contributed by atoms with Crippen molar-refractivity contribution in [3.63, 3.8) is 0 Å². The molecule has 20 N–H and O–H groups in total. The largest absolute Gasteiger partial charge is 0.508 e. The predicted molar refractivity (Wildman–Crippen MR) is 520 cm³/mol. The summed E-state index contributed by atoms with van der Waals surface area (Å²) in [5, 5.41) is 153. The van der Waals surface area contributed by atoms with Gasteiger partial charge in [0.25, 0.3) is 0 Å². The van der Waals surface area contributed by atoms with Gasteiger partial charge in [0.05, 0.1) is 16.7 Å². The lowest BCUT2D eigenvalue weighted by Crippen LogP contribution is -2.66. The highest BCUT2D eigenvalue weighted by Gasteiger charge is 2.63. The lowest BCUT2D eigenvalue weighted by atomic mass is 9.89. The Labute approximate surface area is 840 Å². The minimum Gasteiger partial charge on any atom is -0.508 e. The molecule has 0 unspecified atom stereocenters. The van der Waals surface area contributed by atoms with Crippen molar-refractivity contribution >= 4 is 84.4 Å². The molecule has 7 aromatic rings. The number of nitrogens with one attached hydrogen (secondary N) is 9. The van der Waals surface area contributed by atoms with Crippen LogP contribution in [-0.2, 0) is 59.0 Å². The first-order valence-electron chi connectivity index (χ1n) is 48.7. The van der Waals surface area contributed by atoms with Crippen LogP contribution in [0.3, 0.4) is 0 Å². The van der Waals surface area contributed by atoms with Gasteiger partial charge in [0, 0.05) is 87.5 Å². The number of rotatable bonds is 27. The number of aliphatic carboxylic acids is 1. The van der Waals surface area contributed by atoms with Crippen molar-refractivity contribution in [1.82, 2.24) is 66.8 Å². The van der Waals surface area contributed by atoms with E-state index in [2.05, 4.69) is 75.7 Å². The number of likely N-dealkylation sites (N-methyl/N-ethyl adjacent to an activating group) is 1. The molecule has 0 saturated carbocycles. The second kappa shape index (κ2) is 46.0. The number of hydrogen-bond acceptors (Lipinski definition) is 32. The number of carbonyl (C=O) groups excluding carboxylic acids is 8. The number of carbonyl (C=O) groups is 9. The second-order valence-electron chi connectivity index (χ2n) is 38.3. The number of aliphatic hydroxyl groups is 7. The van der Waals surface area contributed by atoms with Crippen LogP contribution < -0.4 is 76.1 Å². The van der Waals surface area contributed by atoms with Crippen molar-refractivity contribution in [1.29, 1.82) is 0 Å². The molecule has 774 valence electrons. The van der Waals surface area contributed by atoms with Crippen LogP contribution >= 0.6 is 31.1 Å². The fourth-order valence-electron chi connectivity index (χ4n) is 19.7. The molecule has 11 aliphatic rings. The number of nitrogens with zero attached hydrogens (tertiary/aromatic N) is 4. The molecular formula is C100H123Cl2N13O28P+. The molecule has 5 fully saturated rings. The van der Waals surface area contributed by atoms with Crippen molar-refractivity contribution in [2.75, 3.05) is 80.1 Å². The van der Waals surface area contributed by atoms with Gasteiger partial charge in [-0.05, 0) is 191 Å². The van der Waals surface area contributed by atoms with Crippen LogP contribution in [0.1, 0.15) is 185 Å². The third kappa shape index (κ3) is 23.1. The second-order valence-corrected chi connectivity index (χ2v) is 42.0. The Balaban J connectivity index is 0.930. The van der Waals surface area contributed by atoms with Gasteiger partial charge in [-0.1, -0.05) is 106 Å². The summed E-state index contributed by atoms with van der Waals surface area (Å²) in [4.78, 5) is 144. The van der Waals surface area contributed by atoms with Gasteiger partial charge in [0.1, 0.15) is 126 Å². The van der Waals surface area contributed by atoms with Crippen molar-refractivity contribution in [3.8, 4) is 80.1 Å². The normalized spacial score (nSPS) is 26.5. The van der Waals surface area contributed by atoms with Crippen molar-refractivity contribution in [3.05, 3.63) is 164 Å². The first kappa shape index (κ1) is 105. The minimum absolute atomic E-state index is 0.0783. The zero-order chi connectivity index (χ0) is 102. The highest BCUT2D eigenvalue weighted by molar-refractivity contribution is 7.64. The Kier molecular flexibility index (Phi) is 33.6. The zero-order valence-electron chi connectivity index (χ0n) is 80.0. The van der Waals surface area contributed by atoms with Crippen LogP contribution in [0.5, 0.6) is 69.0 Å². The average Bonchev–Trinajstić information content (AvgIpc) is 1.51. The number of phenols is 3. The van der Waals surface area contributed by atoms with Crippen molar-refractivity contribution in [2.24, 2.45) is 5.92 Å². The average molecular weight is 2060 g/mol. The molecule has 17 bridgehead atoms. The first-order chi connectivity index (χ1) is 69.1. The summed E-state index contributed by atoms with van der Waals surface area (Å²) in [5.74, 6) is -15.9. The van der Waals surface area contributed by atoms with Crippen LogP contribution in [0, 0.1) is 5.92 Å². The highest BCUT2D eigenvalue weighted by Crippen LogP contribution is 2.71. The van der Waals surface area contributed by atoms with Crippen LogP contribution in [-0.4, -0.2) is 282 Å². The zero-order valence-corrected chi connectivity index (χ0v) is 82.4. The summed E-state index contributed by atoms with van der Waals surface area (Å²) in [5.41, 5.74) is -2.25. The van der Waals surface area contributed by atoms with E-state index < -0.39 is 251 Å². The Morgan fingerprint density at radius 1 is 0.549 bits per heavy atom. The van der Waals surface area contributed by atoms with E-state index in [1.807, 2.05) is 4.90 Å². The van der Waals surface area contributed by atoms with Gasteiger partial charge in [-0.15, -0.1) is 14.0 Å². The minimum atomic E-state index is -3.22. The van der Waals surface area contributed by atoms with Gasteiger partial charge in [0.2, 0.25) is 71.3 Å². The molecule has 41 nitrogen and oxygen atoms in total. The van der Waals surface area contributed by atoms with E-state index in [1.54, 1.807) is 14.1 Å². The molecule has 0 spiro atoms. The Morgan fingerprint density at radius 3 is 1.81 bits per heavy atom. The summed E-state index contributed by atoms with van der Waals surface area (Å²) < 4.78 is 60.6. The summed E-state index contributed by atoms with van der Waals surface area (Å²) in [7, 11) is 1.82. The molecule has 44 heteroatoms. The van der Waals surface area contributed by atoms with Gasteiger partial charge in [-0.2, -0.15) is 0 Å². The van der Waals surface area contributed by atoms with Crippen LogP contribution in [0.2, 0.25) is 10.0 Å². The van der Waals surface area contributed by atoms with E-state index in [0.717, 1.165) is 119 Å². The lowest BCUT2D eigenvalue weighted by molar-refractivity contribution is -0.277. The molecule has 8 amide bonds. The molecule has 5 saturated heterocycles. The van der Waals surface area contributed by atoms with E-state index in [4.69, 9.17) is 60.9 Å². The number of hydrogen-bond donors (Lipinski definition) is 20. The number of aliphatic hydroxyl groups excluding tert-OH is 7. The Hall–Kier alpha value is -11.6. The number of carboxylic acid groups (broad SMARTS) is 1. The quantitative estimate of drug-likeness (QED) is 0.0186. The molecule has 11 aliphatic heterocycles. The number of carboxylic acids is 1. The standard InChI is InChI=1S/C100H122Cl2N13O28P/c1-50(2)19-10-8-6-7-9-11-20-73(120)106-82-85(123)87(125)90(98(134)135)142-99(82)141-89-70-43-55-44-71(89)138-66-30-25-54(41-62(66)101)83(121)81-97(133)110-79(92(128)104-31-18-32-112(4)5)60-45-56(117)46-68(139-100-88(126)86(124)84(122)72(49-116)140-100)74(60)59-40-52(23-28-64(59)118)77(94(130)111-81)107-95(131)78(55)108-96(132)80-61-47-58(48-69(75(61)102)143-144(113-33-12-13-34-113,114-35-14-15-36-114)115-37-16-17-38-115)137-67-42-53(24-29-65(67)119)76(103-3)93(129)105-63(91(127)109-80)39-51-21-26-57(136-70)27-22-51/h21-30,40-48,50,63,72,76-88,90,99-100,103,116,121-126H,6-20,31-39,49H2,1-5H3,(H11-,104,105,106,107,108,109,110,111,117,118,119,120,127,128,129,130,131,132,133,134,135)/p+1/t63-,72-,76+,77-,78-,79-,80+,81+,82-,83-,84-,85-,86+,87+,88+,90+,99-,100+/m1/s1. The summed E-state index contributed by atoms with van der Waals surface area (Å²) >= 11 is 15.5. The van der Waals surface area contributed by atoms with Crippen LogP contribution in [0.25, 0.3) is 11.1 Å². The van der Waals surface area contributed by atoms with Gasteiger partial charge in [0.15, 0.2) is 29.1 Å². The molecule has 7 aromatic carbocycles. The predicted octanol–water partition coefficient (Wildman–Crippen LogP) is 6.81. The number of halogens is 2. The van der Waals surface area contributed by atoms with Gasteiger partial charge >= 0.3 is 13.9 Å². The van der Waals surface area contributed by atoms with Crippen molar-refractivity contribution < 1.29 is 137 Å². The number of aromatic hydroxyl groups is 3. The molecule has 11 heterocycles. The maximum atomic E-state index is 17.4. The maximum absolute atomic E-state index is 17.4. The molecular weight excluding hydrogens is 1930 g/mol. The number of fused-ring (bicyclic) bond motifs is 14. The lowest BCUT2D eigenvalue weighted by Gasteiger charge is -2.41. The third-order valence-corrected chi connectivity index (χ3v) is 31.8. The fourth-order valence-corrected chi connectivity index (χ4v) is 24.5. The summed E-state index contributed by atoms with van der Waals surface area (Å²) in [6, 6.07) is 7.41. The maximum Gasteiger partial charge on any atom is 0.417 e. The number of phenolic OH excluding ortho intramolecular Hbond substituents is 3. The summed E-state index contributed by atoms with van der Waals surface area (Å²) in [6.07, 6.45) is -10.9. The smallest absolute Gasteiger partial charge is 0.417 e. The monoisotopic (exact) mass is 2050 g/mol. The molecule has 0 aliphatic carbocycles. The van der Waals surface area contributed by atoms with Gasteiger partial charge < -0.3 is 142 Å². The SMILES string of the molecule is CN[C@@H]1C(=O)N[C@@H]2Cc3ccc(cc3)Oc3cc4cc(c3O[C@@H]3O[C@H](C(=O)O)[C@@H](O)[C@H](O)[C@H]3NC(=O)CCCCCCCCC(C)C)Oc3ccc(cc3Cl)[C@@H](O)[C@@H]3NC(=O)[C@H](NC(=O)[C@@H]4NC(=O)[C@@H](NC2=O)c2cc(cc(O[P+](N4CCCC4)(N4CCCC4)N4CCCC4)c2Cl)Oc2cc1ccc2O)c1ccc(O)c(c1)-c1c(O[C@H]2O[C@H](CO)[C@@H](O)[C@H](O)[C@@H]2O)cc(O)cc1[C@H](C(=O)NCCCN(C)C)NC3=O. The number of benzene rings is 7. The number of amides is 8. The first-order valence-corrected chi connectivity index (χ1v) is 51.0. The molecule has 18 atom stereocenters. The highest BCUT2D eigenvalue weighted by atomic mass is 35.5. The van der Waals surface area contributed by atoms with E-state index in [9.17, 15) is 65.8 Å². The molecule has 144 heavy (non-hydrogen) atoms. The Bertz CT molecular complexity index is 5860. The van der Waals surface area contributed by atoms with E-state index in [0.29, 0.717) is 76.6 Å².